The molecule has 4 aromatic rings. The third kappa shape index (κ3) is 4.15. The van der Waals surface area contributed by atoms with Gasteiger partial charge in [0.15, 0.2) is 0 Å². The van der Waals surface area contributed by atoms with Crippen LogP contribution in [0.4, 0.5) is 4.39 Å². The number of benzene rings is 2. The number of halogens is 1. The van der Waals surface area contributed by atoms with Gasteiger partial charge in [0.05, 0.1) is 10.2 Å². The lowest BCUT2D eigenvalue weighted by molar-refractivity contribution is 0.0753. The van der Waals surface area contributed by atoms with E-state index in [2.05, 4.69) is 6.58 Å². The number of rotatable bonds is 7. The number of amides is 1. The molecule has 146 valence electrons. The first-order valence-corrected chi connectivity index (χ1v) is 10.3. The molecule has 0 saturated heterocycles. The van der Waals surface area contributed by atoms with E-state index in [0.717, 1.165) is 21.3 Å². The molecule has 0 saturated carbocycles. The lowest BCUT2D eigenvalue weighted by Gasteiger charge is -2.22. The summed E-state index contributed by atoms with van der Waals surface area (Å²) in [4.78, 5) is 15.3. The molecule has 0 fully saturated rings. The molecule has 5 heteroatoms. The quantitative estimate of drug-likeness (QED) is 0.362. The van der Waals surface area contributed by atoms with Crippen molar-refractivity contribution in [1.29, 1.82) is 0 Å². The van der Waals surface area contributed by atoms with E-state index in [1.807, 2.05) is 58.5 Å². The van der Waals surface area contributed by atoms with Crippen molar-refractivity contribution in [1.82, 2.24) is 9.47 Å². The van der Waals surface area contributed by atoms with Gasteiger partial charge in [0, 0.05) is 19.6 Å². The average Bonchev–Trinajstić information content (AvgIpc) is 3.31. The van der Waals surface area contributed by atoms with Crippen LogP contribution in [0.1, 0.15) is 21.6 Å². The molecule has 4 rings (SSSR count). The highest BCUT2D eigenvalue weighted by Crippen LogP contribution is 2.27. The second-order valence-corrected chi connectivity index (χ2v) is 7.82. The zero-order valence-electron chi connectivity index (χ0n) is 15.9. The van der Waals surface area contributed by atoms with Crippen molar-refractivity contribution in [2.24, 2.45) is 0 Å². The molecule has 0 aliphatic carbocycles. The summed E-state index contributed by atoms with van der Waals surface area (Å²) in [5, 5.41) is 2.01. The van der Waals surface area contributed by atoms with Gasteiger partial charge in [-0.05, 0) is 40.8 Å². The Morgan fingerprint density at radius 1 is 1.07 bits per heavy atom. The van der Waals surface area contributed by atoms with Gasteiger partial charge >= 0.3 is 0 Å². The Morgan fingerprint density at radius 3 is 2.62 bits per heavy atom. The van der Waals surface area contributed by atoms with E-state index in [-0.39, 0.29) is 11.7 Å². The number of hydrogen-bond donors (Lipinski definition) is 0. The van der Waals surface area contributed by atoms with Gasteiger partial charge < -0.3 is 9.47 Å². The summed E-state index contributed by atoms with van der Waals surface area (Å²) in [5.74, 6) is -0.338. The van der Waals surface area contributed by atoms with Crippen LogP contribution < -0.4 is 0 Å². The van der Waals surface area contributed by atoms with Crippen LogP contribution in [-0.4, -0.2) is 21.9 Å². The molecular formula is C24H21FN2OS. The van der Waals surface area contributed by atoms with Gasteiger partial charge in [-0.15, -0.1) is 17.9 Å². The van der Waals surface area contributed by atoms with Crippen LogP contribution in [0.15, 0.2) is 84.8 Å². The topological polar surface area (TPSA) is 25.2 Å². The zero-order chi connectivity index (χ0) is 20.2. The number of thiophene rings is 1. The molecule has 0 unspecified atom stereocenters. The fourth-order valence-electron chi connectivity index (χ4n) is 3.48. The van der Waals surface area contributed by atoms with Crippen molar-refractivity contribution in [2.45, 2.75) is 13.1 Å². The van der Waals surface area contributed by atoms with Crippen molar-refractivity contribution < 1.29 is 9.18 Å². The Balaban J connectivity index is 1.70. The average molecular weight is 405 g/mol. The largest absolute Gasteiger partial charge is 0.331 e. The van der Waals surface area contributed by atoms with Crippen molar-refractivity contribution >= 4 is 27.5 Å². The SMILES string of the molecule is C=CCN(Cc1ccccc1)C(=O)c1cc2sccc2n1Cc1cccc(F)c1. The van der Waals surface area contributed by atoms with E-state index in [1.165, 1.54) is 12.1 Å². The second kappa shape index (κ2) is 8.45. The van der Waals surface area contributed by atoms with E-state index in [9.17, 15) is 9.18 Å². The Hall–Kier alpha value is -3.18. The lowest BCUT2D eigenvalue weighted by atomic mass is 10.2. The van der Waals surface area contributed by atoms with Crippen LogP contribution in [0.5, 0.6) is 0 Å². The molecular weight excluding hydrogens is 383 g/mol. The van der Waals surface area contributed by atoms with Gasteiger partial charge in [-0.25, -0.2) is 4.39 Å². The minimum absolute atomic E-state index is 0.0615. The fraction of sp³-hybridized carbons (Fsp3) is 0.125. The Morgan fingerprint density at radius 2 is 1.86 bits per heavy atom. The van der Waals surface area contributed by atoms with E-state index in [0.29, 0.717) is 25.3 Å². The van der Waals surface area contributed by atoms with E-state index in [4.69, 9.17) is 0 Å². The molecule has 2 heterocycles. The van der Waals surface area contributed by atoms with Crippen molar-refractivity contribution in [3.05, 3.63) is 107 Å². The molecule has 0 radical (unpaired) electrons. The summed E-state index contributed by atoms with van der Waals surface area (Å²) < 4.78 is 16.7. The van der Waals surface area contributed by atoms with Crippen LogP contribution in [-0.2, 0) is 13.1 Å². The number of carbonyl (C=O) groups excluding carboxylic acids is 1. The fourth-order valence-corrected chi connectivity index (χ4v) is 4.31. The normalized spacial score (nSPS) is 10.9. The third-order valence-electron chi connectivity index (χ3n) is 4.82. The maximum Gasteiger partial charge on any atom is 0.271 e. The molecule has 0 atom stereocenters. The molecule has 0 spiro atoms. The summed E-state index contributed by atoms with van der Waals surface area (Å²) in [6.07, 6.45) is 1.74. The van der Waals surface area contributed by atoms with Crippen molar-refractivity contribution in [3.8, 4) is 0 Å². The number of aromatic nitrogens is 1. The van der Waals surface area contributed by atoms with Gasteiger partial charge in [0.2, 0.25) is 0 Å². The van der Waals surface area contributed by atoms with Gasteiger partial charge in [0.1, 0.15) is 11.5 Å². The Bertz CT molecular complexity index is 1150. The van der Waals surface area contributed by atoms with Crippen LogP contribution >= 0.6 is 11.3 Å². The lowest BCUT2D eigenvalue weighted by Crippen LogP contribution is -2.32. The molecule has 1 amide bonds. The van der Waals surface area contributed by atoms with Crippen LogP contribution in [0, 0.1) is 5.82 Å². The molecule has 0 aliphatic rings. The van der Waals surface area contributed by atoms with Gasteiger partial charge in [-0.2, -0.15) is 0 Å². The van der Waals surface area contributed by atoms with Crippen molar-refractivity contribution in [3.63, 3.8) is 0 Å². The van der Waals surface area contributed by atoms with Crippen LogP contribution in [0.3, 0.4) is 0 Å². The first kappa shape index (κ1) is 19.2. The summed E-state index contributed by atoms with van der Waals surface area (Å²) >= 11 is 1.60. The summed E-state index contributed by atoms with van der Waals surface area (Å²) in [6.45, 7) is 5.20. The minimum Gasteiger partial charge on any atom is -0.331 e. The number of fused-ring (bicyclic) bond motifs is 1. The second-order valence-electron chi connectivity index (χ2n) is 6.88. The minimum atomic E-state index is -0.276. The predicted molar refractivity (Wildman–Crippen MR) is 117 cm³/mol. The number of nitrogens with zero attached hydrogens (tertiary/aromatic N) is 2. The third-order valence-corrected chi connectivity index (χ3v) is 5.68. The Kier molecular flexibility index (Phi) is 5.58. The standard InChI is InChI=1S/C24H21FN2OS/c1-2-12-26(16-18-7-4-3-5-8-18)24(28)22-15-23-21(11-13-29-23)27(22)17-19-9-6-10-20(25)14-19/h2-11,13-15H,1,12,16-17H2. The first-order chi connectivity index (χ1) is 14.2. The predicted octanol–water partition coefficient (Wildman–Crippen LogP) is 5.72. The maximum absolute atomic E-state index is 13.7. The highest BCUT2D eigenvalue weighted by Gasteiger charge is 2.22. The number of carbonyl (C=O) groups is 1. The monoisotopic (exact) mass is 404 g/mol. The van der Waals surface area contributed by atoms with Gasteiger partial charge in [-0.3, -0.25) is 4.79 Å². The molecule has 0 aliphatic heterocycles. The Labute approximate surface area is 173 Å². The van der Waals surface area contributed by atoms with Crippen LogP contribution in [0.2, 0.25) is 0 Å². The highest BCUT2D eigenvalue weighted by molar-refractivity contribution is 7.17. The molecule has 0 bridgehead atoms. The maximum atomic E-state index is 13.7. The van der Waals surface area contributed by atoms with Crippen molar-refractivity contribution in [2.75, 3.05) is 6.54 Å². The van der Waals surface area contributed by atoms with E-state index < -0.39 is 0 Å². The summed E-state index contributed by atoms with van der Waals surface area (Å²) in [6, 6.07) is 20.4. The van der Waals surface area contributed by atoms with Crippen LogP contribution in [0.25, 0.3) is 10.2 Å². The summed E-state index contributed by atoms with van der Waals surface area (Å²) in [5.41, 5.74) is 3.48. The van der Waals surface area contributed by atoms with Gasteiger partial charge in [0.25, 0.3) is 5.91 Å². The number of hydrogen-bond acceptors (Lipinski definition) is 2. The van der Waals surface area contributed by atoms with Gasteiger partial charge in [-0.1, -0.05) is 48.5 Å². The zero-order valence-corrected chi connectivity index (χ0v) is 16.7. The first-order valence-electron chi connectivity index (χ1n) is 9.41. The molecule has 2 aromatic heterocycles. The highest BCUT2D eigenvalue weighted by atomic mass is 32.1. The van der Waals surface area contributed by atoms with E-state index in [1.54, 1.807) is 28.4 Å². The molecule has 2 aromatic carbocycles. The molecule has 0 N–H and O–H groups in total. The molecule has 3 nitrogen and oxygen atoms in total. The van der Waals surface area contributed by atoms with E-state index >= 15 is 0 Å². The smallest absolute Gasteiger partial charge is 0.271 e. The molecule has 29 heavy (non-hydrogen) atoms. The summed E-state index contributed by atoms with van der Waals surface area (Å²) in [7, 11) is 0.